The van der Waals surface area contributed by atoms with Crippen molar-refractivity contribution in [3.63, 3.8) is 0 Å². The van der Waals surface area contributed by atoms with Crippen molar-refractivity contribution in [2.45, 2.75) is 38.3 Å². The third-order valence-corrected chi connectivity index (χ3v) is 5.05. The summed E-state index contributed by atoms with van der Waals surface area (Å²) in [4.78, 5) is 37.6. The summed E-state index contributed by atoms with van der Waals surface area (Å²) in [5, 5.41) is 11.7. The molecule has 31 heavy (non-hydrogen) atoms. The van der Waals surface area contributed by atoms with E-state index in [2.05, 4.69) is 15.7 Å². The number of hydrogen-bond donors (Lipinski definition) is 2. The Labute approximate surface area is 180 Å². The van der Waals surface area contributed by atoms with Crippen molar-refractivity contribution in [3.05, 3.63) is 60.2 Å². The maximum Gasteiger partial charge on any atom is 0.354 e. The van der Waals surface area contributed by atoms with Gasteiger partial charge < -0.3 is 15.4 Å². The van der Waals surface area contributed by atoms with Crippen molar-refractivity contribution in [1.29, 1.82) is 0 Å². The molecule has 1 unspecified atom stereocenters. The molecule has 2 N–H and O–H groups in total. The van der Waals surface area contributed by atoms with Gasteiger partial charge in [-0.3, -0.25) is 14.6 Å². The van der Waals surface area contributed by atoms with Crippen molar-refractivity contribution in [2.24, 2.45) is 5.10 Å². The zero-order chi connectivity index (χ0) is 21.8. The van der Waals surface area contributed by atoms with E-state index in [1.165, 1.54) is 5.01 Å². The van der Waals surface area contributed by atoms with E-state index in [4.69, 9.17) is 4.74 Å². The molecule has 0 aromatic heterocycles. The van der Waals surface area contributed by atoms with E-state index >= 15 is 0 Å². The zero-order valence-electron chi connectivity index (χ0n) is 17.2. The summed E-state index contributed by atoms with van der Waals surface area (Å²) in [5.41, 5.74) is 1.88. The van der Waals surface area contributed by atoms with Gasteiger partial charge in [0.15, 0.2) is 0 Å². The number of rotatable bonds is 7. The number of carbonyl (C=O) groups excluding carboxylic acids is 3. The van der Waals surface area contributed by atoms with Gasteiger partial charge in [-0.1, -0.05) is 24.3 Å². The number of para-hydroxylation sites is 1. The molecule has 1 atom stereocenters. The van der Waals surface area contributed by atoms with Crippen molar-refractivity contribution in [1.82, 2.24) is 5.32 Å². The molecule has 1 aliphatic heterocycles. The molecule has 1 heterocycles. The lowest BCUT2D eigenvalue weighted by molar-refractivity contribution is -0.135. The third kappa shape index (κ3) is 4.91. The van der Waals surface area contributed by atoms with Crippen LogP contribution in [0.4, 0.5) is 11.4 Å². The molecule has 2 aromatic rings. The first-order valence-corrected chi connectivity index (χ1v) is 10.4. The molecule has 2 amide bonds. The quantitative estimate of drug-likeness (QED) is 0.671. The topological polar surface area (TPSA) is 100 Å². The van der Waals surface area contributed by atoms with Gasteiger partial charge in [0.25, 0.3) is 5.91 Å². The summed E-state index contributed by atoms with van der Waals surface area (Å²) in [6, 6.07) is 15.5. The number of nitrogens with zero attached hydrogens (tertiary/aromatic N) is 2. The lowest BCUT2D eigenvalue weighted by atomic mass is 10.1. The Morgan fingerprint density at radius 3 is 2.58 bits per heavy atom. The highest BCUT2D eigenvalue weighted by Gasteiger charge is 2.37. The number of hydrogen-bond acceptors (Lipinski definition) is 6. The van der Waals surface area contributed by atoms with Gasteiger partial charge in [0, 0.05) is 23.7 Å². The molecule has 1 saturated carbocycles. The Hall–Kier alpha value is -3.68. The van der Waals surface area contributed by atoms with Gasteiger partial charge in [0.1, 0.15) is 11.8 Å². The highest BCUT2D eigenvalue weighted by atomic mass is 16.5. The average molecular weight is 420 g/mol. The molecule has 1 fully saturated rings. The van der Waals surface area contributed by atoms with Crippen LogP contribution in [0.2, 0.25) is 0 Å². The first-order chi connectivity index (χ1) is 15.0. The smallest absolute Gasteiger partial charge is 0.354 e. The molecule has 0 radical (unpaired) electrons. The van der Waals surface area contributed by atoms with E-state index in [-0.39, 0.29) is 36.6 Å². The maximum absolute atomic E-state index is 13.1. The second-order valence-electron chi connectivity index (χ2n) is 7.48. The maximum atomic E-state index is 13.1. The number of hydrazone groups is 1. The van der Waals surface area contributed by atoms with Crippen LogP contribution in [-0.2, 0) is 14.3 Å². The summed E-state index contributed by atoms with van der Waals surface area (Å²) in [5.74, 6) is -1.01. The summed E-state index contributed by atoms with van der Waals surface area (Å²) in [6.45, 7) is 1.95. The fraction of sp³-hybridized carbons (Fsp3) is 0.304. The van der Waals surface area contributed by atoms with Crippen LogP contribution in [0.15, 0.2) is 59.7 Å². The first-order valence-electron chi connectivity index (χ1n) is 10.4. The SMILES string of the molecule is CCOC(=O)C1=NN(c2ccccc2)C(C(=O)Nc2cccc(C(=O)NC3CC3)c2)C1. The van der Waals surface area contributed by atoms with Crippen LogP contribution in [-0.4, -0.2) is 42.2 Å². The number of carbonyl (C=O) groups is 3. The highest BCUT2D eigenvalue weighted by Crippen LogP contribution is 2.26. The molecule has 8 nitrogen and oxygen atoms in total. The Morgan fingerprint density at radius 1 is 1.10 bits per heavy atom. The van der Waals surface area contributed by atoms with Crippen LogP contribution in [0.1, 0.15) is 36.5 Å². The van der Waals surface area contributed by atoms with Crippen molar-refractivity contribution in [3.8, 4) is 0 Å². The first kappa shape index (κ1) is 20.6. The predicted octanol–water partition coefficient (Wildman–Crippen LogP) is 2.72. The summed E-state index contributed by atoms with van der Waals surface area (Å²) < 4.78 is 5.06. The third-order valence-electron chi connectivity index (χ3n) is 5.05. The lowest BCUT2D eigenvalue weighted by Crippen LogP contribution is -2.38. The molecule has 160 valence electrons. The summed E-state index contributed by atoms with van der Waals surface area (Å²) >= 11 is 0. The van der Waals surface area contributed by atoms with Gasteiger partial charge >= 0.3 is 5.97 Å². The van der Waals surface area contributed by atoms with Crippen LogP contribution < -0.4 is 15.6 Å². The number of ether oxygens (including phenoxy) is 1. The van der Waals surface area contributed by atoms with Crippen LogP contribution >= 0.6 is 0 Å². The molecular formula is C23H24N4O4. The summed E-state index contributed by atoms with van der Waals surface area (Å²) in [7, 11) is 0. The predicted molar refractivity (Wildman–Crippen MR) is 117 cm³/mol. The molecule has 2 aromatic carbocycles. The minimum Gasteiger partial charge on any atom is -0.461 e. The lowest BCUT2D eigenvalue weighted by Gasteiger charge is -2.22. The number of anilines is 2. The van der Waals surface area contributed by atoms with Gasteiger partial charge in [0.2, 0.25) is 5.91 Å². The van der Waals surface area contributed by atoms with E-state index in [0.29, 0.717) is 16.9 Å². The van der Waals surface area contributed by atoms with Gasteiger partial charge in [-0.2, -0.15) is 5.10 Å². The van der Waals surface area contributed by atoms with Crippen molar-refractivity contribution in [2.75, 3.05) is 16.9 Å². The molecule has 0 bridgehead atoms. The largest absolute Gasteiger partial charge is 0.461 e. The Morgan fingerprint density at radius 2 is 1.87 bits per heavy atom. The molecular weight excluding hydrogens is 396 g/mol. The van der Waals surface area contributed by atoms with E-state index < -0.39 is 12.0 Å². The molecule has 0 spiro atoms. The Kier molecular flexibility index (Phi) is 5.97. The van der Waals surface area contributed by atoms with Crippen LogP contribution in [0.5, 0.6) is 0 Å². The highest BCUT2D eigenvalue weighted by molar-refractivity contribution is 6.38. The normalized spacial score (nSPS) is 17.6. The number of esters is 1. The zero-order valence-corrected chi connectivity index (χ0v) is 17.2. The van der Waals surface area contributed by atoms with E-state index in [9.17, 15) is 14.4 Å². The number of amides is 2. The van der Waals surface area contributed by atoms with E-state index in [1.807, 2.05) is 30.3 Å². The molecule has 0 saturated heterocycles. The van der Waals surface area contributed by atoms with Gasteiger partial charge in [-0.25, -0.2) is 4.79 Å². The summed E-state index contributed by atoms with van der Waals surface area (Å²) in [6.07, 6.45) is 2.13. The molecule has 8 heteroatoms. The van der Waals surface area contributed by atoms with Crippen LogP contribution in [0.25, 0.3) is 0 Å². The van der Waals surface area contributed by atoms with E-state index in [0.717, 1.165) is 12.8 Å². The van der Waals surface area contributed by atoms with Crippen molar-refractivity contribution >= 4 is 34.9 Å². The van der Waals surface area contributed by atoms with Gasteiger partial charge in [-0.05, 0) is 50.1 Å². The van der Waals surface area contributed by atoms with Gasteiger partial charge in [0.05, 0.1) is 12.3 Å². The van der Waals surface area contributed by atoms with Crippen molar-refractivity contribution < 1.29 is 19.1 Å². The monoisotopic (exact) mass is 420 g/mol. The Balaban J connectivity index is 1.51. The average Bonchev–Trinajstić information content (AvgIpc) is 3.48. The number of nitrogens with one attached hydrogen (secondary N) is 2. The Bertz CT molecular complexity index is 1020. The minimum atomic E-state index is -0.717. The second kappa shape index (κ2) is 8.99. The fourth-order valence-corrected chi connectivity index (χ4v) is 3.33. The molecule has 4 rings (SSSR count). The minimum absolute atomic E-state index is 0.126. The number of benzene rings is 2. The molecule has 1 aliphatic carbocycles. The molecule has 2 aliphatic rings. The second-order valence-corrected chi connectivity index (χ2v) is 7.48. The standard InChI is InChI=1S/C23H24N4O4/c1-2-31-23(30)19-14-20(27(26-19)18-9-4-3-5-10-18)22(29)25-17-8-6-7-15(13-17)21(28)24-16-11-12-16/h3-10,13,16,20H,2,11-12,14H2,1H3,(H,24,28)(H,25,29). The fourth-order valence-electron chi connectivity index (χ4n) is 3.33. The van der Waals surface area contributed by atoms with E-state index in [1.54, 1.807) is 31.2 Å². The van der Waals surface area contributed by atoms with Crippen LogP contribution in [0.3, 0.4) is 0 Å². The van der Waals surface area contributed by atoms with Gasteiger partial charge in [-0.15, -0.1) is 0 Å². The van der Waals surface area contributed by atoms with Crippen LogP contribution in [0, 0.1) is 0 Å².